The molecule has 0 aliphatic carbocycles. The number of aldehydes is 1. The summed E-state index contributed by atoms with van der Waals surface area (Å²) >= 11 is 0. The Kier molecular flexibility index (Phi) is 5.12. The van der Waals surface area contributed by atoms with E-state index in [0.29, 0.717) is 0 Å². The van der Waals surface area contributed by atoms with Gasteiger partial charge in [-0.05, 0) is 12.8 Å². The van der Waals surface area contributed by atoms with Gasteiger partial charge < -0.3 is 9.90 Å². The minimum atomic E-state index is -0.441. The zero-order chi connectivity index (χ0) is 8.74. The van der Waals surface area contributed by atoms with Crippen LogP contribution in [0.25, 0.3) is 0 Å². The molecule has 0 unspecified atom stereocenters. The van der Waals surface area contributed by atoms with Crippen molar-refractivity contribution in [3.8, 4) is 0 Å². The normalized spacial score (nSPS) is 11.5. The van der Waals surface area contributed by atoms with Crippen LogP contribution in [-0.4, -0.2) is 18.0 Å². The van der Waals surface area contributed by atoms with Crippen LogP contribution in [-0.2, 0) is 4.79 Å². The number of carbonyl (C=O) groups is 1. The fraction of sp³-hybridized carbons (Fsp3) is 0.889. The van der Waals surface area contributed by atoms with Gasteiger partial charge in [0.05, 0.1) is 6.61 Å². The molecular formula is C9H18O2. The van der Waals surface area contributed by atoms with Gasteiger partial charge in [-0.1, -0.05) is 26.7 Å². The van der Waals surface area contributed by atoms with E-state index in [1.165, 1.54) is 0 Å². The van der Waals surface area contributed by atoms with Gasteiger partial charge in [0.15, 0.2) is 0 Å². The molecule has 1 N–H and O–H groups in total. The molecule has 66 valence electrons. The molecule has 0 heterocycles. The van der Waals surface area contributed by atoms with Crippen LogP contribution in [0.5, 0.6) is 0 Å². The van der Waals surface area contributed by atoms with Crippen molar-refractivity contribution in [3.05, 3.63) is 0 Å². The van der Waals surface area contributed by atoms with Crippen molar-refractivity contribution in [2.24, 2.45) is 5.41 Å². The van der Waals surface area contributed by atoms with Gasteiger partial charge >= 0.3 is 0 Å². The predicted octanol–water partition coefficient (Wildman–Crippen LogP) is 1.76. The molecular weight excluding hydrogens is 140 g/mol. The second-order valence-corrected chi connectivity index (χ2v) is 3.14. The summed E-state index contributed by atoms with van der Waals surface area (Å²) < 4.78 is 0. The van der Waals surface area contributed by atoms with E-state index < -0.39 is 5.41 Å². The molecule has 0 aromatic carbocycles. The molecule has 11 heavy (non-hydrogen) atoms. The monoisotopic (exact) mass is 158 g/mol. The standard InChI is InChI=1S/C9H18O2/c1-3-5-9(7-10,8-11)6-4-2/h7,11H,3-6,8H2,1-2H3. The van der Waals surface area contributed by atoms with E-state index >= 15 is 0 Å². The summed E-state index contributed by atoms with van der Waals surface area (Å²) in [4.78, 5) is 10.7. The van der Waals surface area contributed by atoms with Crippen molar-refractivity contribution in [2.75, 3.05) is 6.61 Å². The molecule has 0 saturated heterocycles. The Morgan fingerprint density at radius 3 is 1.91 bits per heavy atom. The average molecular weight is 158 g/mol. The summed E-state index contributed by atoms with van der Waals surface area (Å²) in [5.74, 6) is 0. The Hall–Kier alpha value is -0.370. The lowest BCUT2D eigenvalue weighted by molar-refractivity contribution is -0.119. The van der Waals surface area contributed by atoms with Gasteiger partial charge in [-0.2, -0.15) is 0 Å². The molecule has 0 aromatic rings. The SMILES string of the molecule is CCCC(C=O)(CO)CCC. The molecule has 0 aromatic heterocycles. The summed E-state index contributed by atoms with van der Waals surface area (Å²) in [6.45, 7) is 4.06. The highest BCUT2D eigenvalue weighted by atomic mass is 16.3. The Balaban J connectivity index is 4.07. The largest absolute Gasteiger partial charge is 0.395 e. The van der Waals surface area contributed by atoms with Crippen molar-refractivity contribution in [1.82, 2.24) is 0 Å². The van der Waals surface area contributed by atoms with E-state index in [0.717, 1.165) is 32.0 Å². The highest BCUT2D eigenvalue weighted by Gasteiger charge is 2.26. The second-order valence-electron chi connectivity index (χ2n) is 3.14. The van der Waals surface area contributed by atoms with Crippen molar-refractivity contribution >= 4 is 6.29 Å². The minimum absolute atomic E-state index is 0.00181. The van der Waals surface area contributed by atoms with Gasteiger partial charge in [0.25, 0.3) is 0 Å². The summed E-state index contributed by atoms with van der Waals surface area (Å²) in [5, 5.41) is 9.01. The molecule has 0 fully saturated rings. The topological polar surface area (TPSA) is 37.3 Å². The minimum Gasteiger partial charge on any atom is -0.395 e. The molecule has 0 aliphatic heterocycles. The van der Waals surface area contributed by atoms with E-state index in [4.69, 9.17) is 5.11 Å². The van der Waals surface area contributed by atoms with Crippen LogP contribution in [0.4, 0.5) is 0 Å². The average Bonchev–Trinajstić information content (AvgIpc) is 2.04. The number of aliphatic hydroxyl groups is 1. The second kappa shape index (κ2) is 5.30. The van der Waals surface area contributed by atoms with Crippen LogP contribution in [0.15, 0.2) is 0 Å². The first kappa shape index (κ1) is 10.6. The van der Waals surface area contributed by atoms with Crippen LogP contribution in [0.1, 0.15) is 39.5 Å². The van der Waals surface area contributed by atoms with Crippen molar-refractivity contribution in [2.45, 2.75) is 39.5 Å². The number of rotatable bonds is 6. The fourth-order valence-corrected chi connectivity index (χ4v) is 1.43. The smallest absolute Gasteiger partial charge is 0.128 e. The van der Waals surface area contributed by atoms with Crippen molar-refractivity contribution in [3.63, 3.8) is 0 Å². The molecule has 2 heteroatoms. The van der Waals surface area contributed by atoms with Crippen LogP contribution in [0.2, 0.25) is 0 Å². The van der Waals surface area contributed by atoms with Gasteiger partial charge in [-0.25, -0.2) is 0 Å². The van der Waals surface area contributed by atoms with Gasteiger partial charge in [-0.3, -0.25) is 0 Å². The maximum atomic E-state index is 10.7. The highest BCUT2D eigenvalue weighted by molar-refractivity contribution is 5.59. The highest BCUT2D eigenvalue weighted by Crippen LogP contribution is 2.26. The van der Waals surface area contributed by atoms with Crippen LogP contribution < -0.4 is 0 Å². The fourth-order valence-electron chi connectivity index (χ4n) is 1.43. The Bertz CT molecular complexity index is 104. The molecule has 0 saturated carbocycles. The number of hydrogen-bond donors (Lipinski definition) is 1. The first-order chi connectivity index (χ1) is 5.24. The van der Waals surface area contributed by atoms with Crippen molar-refractivity contribution < 1.29 is 9.90 Å². The zero-order valence-electron chi connectivity index (χ0n) is 7.47. The molecule has 0 rings (SSSR count). The summed E-state index contributed by atoms with van der Waals surface area (Å²) in [5.41, 5.74) is -0.441. The lowest BCUT2D eigenvalue weighted by atomic mass is 9.82. The van der Waals surface area contributed by atoms with E-state index in [9.17, 15) is 4.79 Å². The van der Waals surface area contributed by atoms with E-state index in [1.807, 2.05) is 13.8 Å². The number of aliphatic hydroxyl groups excluding tert-OH is 1. The summed E-state index contributed by atoms with van der Waals surface area (Å²) in [7, 11) is 0. The van der Waals surface area contributed by atoms with Gasteiger partial charge in [0, 0.05) is 5.41 Å². The van der Waals surface area contributed by atoms with Crippen LogP contribution in [0.3, 0.4) is 0 Å². The Labute approximate surface area is 68.6 Å². The molecule has 0 spiro atoms. The van der Waals surface area contributed by atoms with Gasteiger partial charge in [0.2, 0.25) is 0 Å². The van der Waals surface area contributed by atoms with E-state index in [-0.39, 0.29) is 6.61 Å². The lowest BCUT2D eigenvalue weighted by Gasteiger charge is -2.23. The third kappa shape index (κ3) is 3.02. The third-order valence-electron chi connectivity index (χ3n) is 2.06. The number of carbonyl (C=O) groups excluding carboxylic acids is 1. The molecule has 0 aliphatic rings. The predicted molar refractivity (Wildman–Crippen MR) is 45.4 cm³/mol. The van der Waals surface area contributed by atoms with Crippen LogP contribution in [0, 0.1) is 5.41 Å². The third-order valence-corrected chi connectivity index (χ3v) is 2.06. The molecule has 0 bridgehead atoms. The first-order valence-corrected chi connectivity index (χ1v) is 4.32. The first-order valence-electron chi connectivity index (χ1n) is 4.32. The van der Waals surface area contributed by atoms with E-state index in [2.05, 4.69) is 0 Å². The lowest BCUT2D eigenvalue weighted by Crippen LogP contribution is -2.26. The van der Waals surface area contributed by atoms with Crippen molar-refractivity contribution in [1.29, 1.82) is 0 Å². The maximum absolute atomic E-state index is 10.7. The zero-order valence-corrected chi connectivity index (χ0v) is 7.47. The summed E-state index contributed by atoms with van der Waals surface area (Å²) in [6, 6.07) is 0. The molecule has 0 amide bonds. The Morgan fingerprint density at radius 1 is 1.27 bits per heavy atom. The molecule has 0 atom stereocenters. The molecule has 2 nitrogen and oxygen atoms in total. The maximum Gasteiger partial charge on any atom is 0.128 e. The van der Waals surface area contributed by atoms with Gasteiger partial charge in [0.1, 0.15) is 6.29 Å². The number of hydrogen-bond acceptors (Lipinski definition) is 2. The van der Waals surface area contributed by atoms with Gasteiger partial charge in [-0.15, -0.1) is 0 Å². The van der Waals surface area contributed by atoms with Crippen LogP contribution >= 0.6 is 0 Å². The summed E-state index contributed by atoms with van der Waals surface area (Å²) in [6.07, 6.45) is 4.44. The quantitative estimate of drug-likeness (QED) is 0.598. The van der Waals surface area contributed by atoms with E-state index in [1.54, 1.807) is 0 Å². The molecule has 0 radical (unpaired) electrons. The Morgan fingerprint density at radius 2 is 1.73 bits per heavy atom.